The summed E-state index contributed by atoms with van der Waals surface area (Å²) in [6.45, 7) is 4.79. The van der Waals surface area contributed by atoms with Crippen LogP contribution in [0.2, 0.25) is 0 Å². The van der Waals surface area contributed by atoms with Crippen molar-refractivity contribution < 1.29 is 4.74 Å². The van der Waals surface area contributed by atoms with Gasteiger partial charge < -0.3 is 15.0 Å². The van der Waals surface area contributed by atoms with Crippen molar-refractivity contribution >= 4 is 11.0 Å². The molecule has 3 rings (SSSR count). The molecule has 1 saturated heterocycles. The number of likely N-dealkylation sites (N-methyl/N-ethyl adjacent to an activating group) is 1. The van der Waals surface area contributed by atoms with Gasteiger partial charge in [0.15, 0.2) is 0 Å². The molecule has 1 aliphatic rings. The lowest BCUT2D eigenvalue weighted by molar-refractivity contribution is -0.0264. The van der Waals surface area contributed by atoms with Crippen molar-refractivity contribution in [2.24, 2.45) is 7.05 Å². The summed E-state index contributed by atoms with van der Waals surface area (Å²) in [5.41, 5.74) is 3.15. The molecule has 6 heteroatoms. The van der Waals surface area contributed by atoms with Crippen LogP contribution in [0.15, 0.2) is 23.0 Å². The molecule has 2 N–H and O–H groups in total. The van der Waals surface area contributed by atoms with Gasteiger partial charge in [-0.05, 0) is 38.1 Å². The van der Waals surface area contributed by atoms with E-state index >= 15 is 0 Å². The number of morpholine rings is 1. The zero-order valence-electron chi connectivity index (χ0n) is 14.0. The van der Waals surface area contributed by atoms with Gasteiger partial charge in [0.1, 0.15) is 0 Å². The van der Waals surface area contributed by atoms with E-state index in [1.807, 2.05) is 26.2 Å². The van der Waals surface area contributed by atoms with E-state index in [4.69, 9.17) is 4.74 Å². The number of aryl methyl sites for hydroxylation is 2. The molecule has 126 valence electrons. The Kier molecular flexibility index (Phi) is 5.15. The van der Waals surface area contributed by atoms with Crippen molar-refractivity contribution in [3.63, 3.8) is 0 Å². The van der Waals surface area contributed by atoms with Crippen molar-refractivity contribution in [2.75, 3.05) is 39.8 Å². The fourth-order valence-electron chi connectivity index (χ4n) is 3.42. The average molecular weight is 318 g/mol. The molecule has 6 nitrogen and oxygen atoms in total. The molecule has 1 aromatic heterocycles. The Labute approximate surface area is 136 Å². The number of nitrogens with one attached hydrogen (secondary N) is 2. The molecule has 0 saturated carbocycles. The van der Waals surface area contributed by atoms with Gasteiger partial charge in [0.2, 0.25) is 0 Å². The number of fused-ring (bicyclic) bond motifs is 1. The number of aromatic amines is 1. The number of hydrogen-bond acceptors (Lipinski definition) is 4. The third kappa shape index (κ3) is 3.65. The van der Waals surface area contributed by atoms with Gasteiger partial charge >= 0.3 is 5.69 Å². The lowest BCUT2D eigenvalue weighted by Crippen LogP contribution is -2.46. The van der Waals surface area contributed by atoms with Gasteiger partial charge in [-0.2, -0.15) is 0 Å². The highest BCUT2D eigenvalue weighted by atomic mass is 16.5. The Morgan fingerprint density at radius 2 is 2.30 bits per heavy atom. The molecule has 0 radical (unpaired) electrons. The van der Waals surface area contributed by atoms with Gasteiger partial charge in [0.05, 0.1) is 23.7 Å². The molecule has 1 aliphatic heterocycles. The molecule has 2 heterocycles. The highest BCUT2D eigenvalue weighted by molar-refractivity contribution is 5.78. The van der Waals surface area contributed by atoms with Gasteiger partial charge in [0, 0.05) is 26.7 Å². The number of benzene rings is 1. The molecule has 0 spiro atoms. The topological polar surface area (TPSA) is 62.3 Å². The van der Waals surface area contributed by atoms with Gasteiger partial charge in [-0.1, -0.05) is 12.1 Å². The van der Waals surface area contributed by atoms with E-state index in [0.717, 1.165) is 56.7 Å². The molecular weight excluding hydrogens is 292 g/mol. The van der Waals surface area contributed by atoms with Crippen LogP contribution in [0.5, 0.6) is 0 Å². The number of H-pyrrole nitrogens is 1. The van der Waals surface area contributed by atoms with Crippen LogP contribution in [-0.4, -0.2) is 60.4 Å². The molecule has 1 fully saturated rings. The highest BCUT2D eigenvalue weighted by Gasteiger charge is 2.19. The van der Waals surface area contributed by atoms with Crippen molar-refractivity contribution in [3.05, 3.63) is 34.2 Å². The number of aromatic nitrogens is 2. The summed E-state index contributed by atoms with van der Waals surface area (Å²) in [7, 11) is 3.79. The molecular formula is C17H26N4O2. The first-order chi connectivity index (χ1) is 11.2. The predicted octanol–water partition coefficient (Wildman–Crippen LogP) is 0.719. The van der Waals surface area contributed by atoms with Gasteiger partial charge in [-0.3, -0.25) is 9.47 Å². The molecule has 2 aromatic rings. The summed E-state index contributed by atoms with van der Waals surface area (Å²) in [6, 6.07) is 6.11. The van der Waals surface area contributed by atoms with Crippen LogP contribution < -0.4 is 11.0 Å². The average Bonchev–Trinajstić information content (AvgIpc) is 2.84. The summed E-state index contributed by atoms with van der Waals surface area (Å²) in [5.74, 6) is 0. The van der Waals surface area contributed by atoms with Crippen molar-refractivity contribution in [1.82, 2.24) is 19.8 Å². The second-order valence-electron chi connectivity index (χ2n) is 6.26. The minimum Gasteiger partial charge on any atom is -0.374 e. The fraction of sp³-hybridized carbons (Fsp3) is 0.588. The first kappa shape index (κ1) is 16.2. The molecule has 0 unspecified atom stereocenters. The Morgan fingerprint density at radius 3 is 3.13 bits per heavy atom. The SMILES string of the molecule is CNC[C@@H]1CN(CCCc2cccc3[nH]c(=O)n(C)c23)CCO1. The lowest BCUT2D eigenvalue weighted by atomic mass is 10.1. The normalized spacial score (nSPS) is 19.5. The molecule has 1 atom stereocenters. The molecule has 1 aromatic carbocycles. The minimum absolute atomic E-state index is 0.0458. The number of nitrogens with zero attached hydrogens (tertiary/aromatic N) is 2. The zero-order chi connectivity index (χ0) is 16.2. The fourth-order valence-corrected chi connectivity index (χ4v) is 3.42. The first-order valence-electron chi connectivity index (χ1n) is 8.34. The summed E-state index contributed by atoms with van der Waals surface area (Å²) in [4.78, 5) is 17.2. The number of hydrogen-bond donors (Lipinski definition) is 2. The van der Waals surface area contributed by atoms with Crippen molar-refractivity contribution in [3.8, 4) is 0 Å². The Morgan fingerprint density at radius 1 is 1.43 bits per heavy atom. The zero-order valence-corrected chi connectivity index (χ0v) is 14.0. The van der Waals surface area contributed by atoms with Crippen LogP contribution in [0.1, 0.15) is 12.0 Å². The van der Waals surface area contributed by atoms with E-state index in [2.05, 4.69) is 21.3 Å². The third-order valence-corrected chi connectivity index (χ3v) is 4.58. The quantitative estimate of drug-likeness (QED) is 0.824. The van der Waals surface area contributed by atoms with Crippen LogP contribution in [0, 0.1) is 0 Å². The van der Waals surface area contributed by atoms with E-state index < -0.39 is 0 Å². The second kappa shape index (κ2) is 7.29. The second-order valence-corrected chi connectivity index (χ2v) is 6.26. The van der Waals surface area contributed by atoms with Gasteiger partial charge in [-0.25, -0.2) is 4.79 Å². The monoisotopic (exact) mass is 318 g/mol. The Bertz CT molecular complexity index is 704. The summed E-state index contributed by atoms with van der Waals surface area (Å²) in [5, 5.41) is 3.18. The number of imidazole rings is 1. The van der Waals surface area contributed by atoms with Gasteiger partial charge in [-0.15, -0.1) is 0 Å². The lowest BCUT2D eigenvalue weighted by Gasteiger charge is -2.32. The van der Waals surface area contributed by atoms with Crippen LogP contribution in [-0.2, 0) is 18.2 Å². The van der Waals surface area contributed by atoms with E-state index in [0.29, 0.717) is 6.10 Å². The van der Waals surface area contributed by atoms with Crippen LogP contribution >= 0.6 is 0 Å². The van der Waals surface area contributed by atoms with E-state index in [1.165, 1.54) is 5.56 Å². The van der Waals surface area contributed by atoms with Crippen LogP contribution in [0.3, 0.4) is 0 Å². The molecule has 0 bridgehead atoms. The molecule has 0 amide bonds. The molecule has 0 aliphatic carbocycles. The van der Waals surface area contributed by atoms with Gasteiger partial charge in [0.25, 0.3) is 0 Å². The highest BCUT2D eigenvalue weighted by Crippen LogP contribution is 2.17. The first-order valence-corrected chi connectivity index (χ1v) is 8.34. The number of ether oxygens (including phenoxy) is 1. The van der Waals surface area contributed by atoms with Crippen molar-refractivity contribution in [2.45, 2.75) is 18.9 Å². The number of para-hydroxylation sites is 1. The Hall–Kier alpha value is -1.63. The van der Waals surface area contributed by atoms with Crippen molar-refractivity contribution in [1.29, 1.82) is 0 Å². The van der Waals surface area contributed by atoms with E-state index in [-0.39, 0.29) is 5.69 Å². The van der Waals surface area contributed by atoms with E-state index in [1.54, 1.807) is 4.57 Å². The smallest absolute Gasteiger partial charge is 0.326 e. The summed E-state index contributed by atoms with van der Waals surface area (Å²) >= 11 is 0. The molecule has 23 heavy (non-hydrogen) atoms. The predicted molar refractivity (Wildman–Crippen MR) is 92.0 cm³/mol. The van der Waals surface area contributed by atoms with Crippen LogP contribution in [0.25, 0.3) is 11.0 Å². The maximum Gasteiger partial charge on any atom is 0.326 e. The number of rotatable bonds is 6. The van der Waals surface area contributed by atoms with E-state index in [9.17, 15) is 4.79 Å². The summed E-state index contributed by atoms with van der Waals surface area (Å²) in [6.07, 6.45) is 2.36. The summed E-state index contributed by atoms with van der Waals surface area (Å²) < 4.78 is 7.45. The maximum atomic E-state index is 11.8. The van der Waals surface area contributed by atoms with Crippen LogP contribution in [0.4, 0.5) is 0 Å². The minimum atomic E-state index is -0.0458. The standard InChI is InChI=1S/C17H26N4O2/c1-18-11-14-12-21(9-10-23-14)8-4-6-13-5-3-7-15-16(13)20(2)17(22)19-15/h3,5,7,14,18H,4,6,8-12H2,1-2H3,(H,19,22)/t14-/m1/s1. The maximum absolute atomic E-state index is 11.8. The third-order valence-electron chi connectivity index (χ3n) is 4.58. The largest absolute Gasteiger partial charge is 0.374 e. The Balaban J connectivity index is 1.60.